The van der Waals surface area contributed by atoms with E-state index in [0.717, 1.165) is 5.56 Å². The highest BCUT2D eigenvalue weighted by Gasteiger charge is 2.24. The van der Waals surface area contributed by atoms with Crippen molar-refractivity contribution in [1.29, 1.82) is 0 Å². The van der Waals surface area contributed by atoms with Crippen molar-refractivity contribution in [1.82, 2.24) is 15.5 Å². The Kier molecular flexibility index (Phi) is 7.19. The van der Waals surface area contributed by atoms with E-state index in [-0.39, 0.29) is 18.4 Å². The van der Waals surface area contributed by atoms with Crippen LogP contribution in [0.2, 0.25) is 5.02 Å². The second-order valence-electron chi connectivity index (χ2n) is 7.17. The predicted molar refractivity (Wildman–Crippen MR) is 128 cm³/mol. The van der Waals surface area contributed by atoms with Crippen LogP contribution < -0.4 is 10.6 Å². The molecule has 0 aliphatic heterocycles. The molecule has 0 bridgehead atoms. The zero-order valence-electron chi connectivity index (χ0n) is 18.2. The summed E-state index contributed by atoms with van der Waals surface area (Å²) in [5.74, 6) is 0.0283. The van der Waals surface area contributed by atoms with Crippen molar-refractivity contribution < 1.29 is 18.7 Å². The number of halogens is 1. The summed E-state index contributed by atoms with van der Waals surface area (Å²) in [4.78, 5) is 24.6. The molecule has 2 amide bonds. The lowest BCUT2D eigenvalue weighted by Crippen LogP contribution is -2.33. The summed E-state index contributed by atoms with van der Waals surface area (Å²) in [6, 6.07) is 21.6. The fourth-order valence-electron chi connectivity index (χ4n) is 3.23. The van der Waals surface area contributed by atoms with Crippen LogP contribution in [-0.2, 0) is 4.74 Å². The van der Waals surface area contributed by atoms with E-state index in [0.29, 0.717) is 21.8 Å². The molecule has 172 valence electrons. The lowest BCUT2D eigenvalue weighted by atomic mass is 10.1. The Bertz CT molecular complexity index is 1280. The Morgan fingerprint density at radius 3 is 2.38 bits per heavy atom. The van der Waals surface area contributed by atoms with E-state index < -0.39 is 18.0 Å². The molecular weight excluding hydrogens is 456 g/mol. The topological polar surface area (TPSA) is 106 Å². The van der Waals surface area contributed by atoms with Gasteiger partial charge in [-0.25, -0.2) is 9.59 Å². The number of nitrogens with one attached hydrogen (secondary N) is 2. The van der Waals surface area contributed by atoms with E-state index >= 15 is 0 Å². The quantitative estimate of drug-likeness (QED) is 0.342. The minimum absolute atomic E-state index is 0.203. The maximum atomic E-state index is 12.8. The van der Waals surface area contributed by atoms with E-state index in [2.05, 4.69) is 20.8 Å². The monoisotopic (exact) mass is 476 g/mol. The molecule has 0 saturated carbocycles. The van der Waals surface area contributed by atoms with E-state index in [1.807, 2.05) is 36.4 Å². The molecule has 0 fully saturated rings. The summed E-state index contributed by atoms with van der Waals surface area (Å²) in [6.07, 6.45) is 0. The zero-order chi connectivity index (χ0) is 23.9. The second-order valence-corrected chi connectivity index (χ2v) is 7.57. The summed E-state index contributed by atoms with van der Waals surface area (Å²) in [5.41, 5.74) is 2.25. The number of carbonyl (C=O) groups is 2. The number of hydrogen-bond acceptors (Lipinski definition) is 6. The molecule has 1 heterocycles. The minimum atomic E-state index is -0.705. The van der Waals surface area contributed by atoms with Gasteiger partial charge in [-0.1, -0.05) is 54.1 Å². The Labute approximate surface area is 200 Å². The van der Waals surface area contributed by atoms with Crippen LogP contribution >= 0.6 is 11.6 Å². The number of benzene rings is 3. The summed E-state index contributed by atoms with van der Waals surface area (Å²) in [7, 11) is 0. The van der Waals surface area contributed by atoms with Gasteiger partial charge in [0.05, 0.1) is 22.8 Å². The first-order valence-electron chi connectivity index (χ1n) is 10.5. The number of carbonyl (C=O) groups excluding carboxylic acids is 2. The molecular formula is C25H21ClN4O4. The number of nitrogens with zero attached hydrogens (tertiary/aromatic N) is 2. The highest BCUT2D eigenvalue weighted by molar-refractivity contribution is 6.33. The SMILES string of the molecule is CCOC(=O)c1ccc(NC(=O)N[C@@H](c2ccccc2)c2nnc(-c3ccccc3Cl)o2)cc1. The van der Waals surface area contributed by atoms with Gasteiger partial charge in [-0.2, -0.15) is 0 Å². The summed E-state index contributed by atoms with van der Waals surface area (Å²) < 4.78 is 10.9. The Morgan fingerprint density at radius 2 is 1.68 bits per heavy atom. The maximum Gasteiger partial charge on any atom is 0.338 e. The molecule has 9 heteroatoms. The standard InChI is InChI=1S/C25H21ClN4O4/c1-2-33-24(31)17-12-14-18(15-13-17)27-25(32)28-21(16-8-4-3-5-9-16)23-30-29-22(34-23)19-10-6-7-11-20(19)26/h3-15,21H,2H2,1H3,(H2,27,28,32)/t21-/m0/s1. The van der Waals surface area contributed by atoms with Gasteiger partial charge in [0.2, 0.25) is 11.8 Å². The van der Waals surface area contributed by atoms with Crippen LogP contribution in [0, 0.1) is 0 Å². The van der Waals surface area contributed by atoms with Crippen LogP contribution in [0.3, 0.4) is 0 Å². The van der Waals surface area contributed by atoms with Crippen LogP contribution in [0.15, 0.2) is 83.3 Å². The van der Waals surface area contributed by atoms with Crippen LogP contribution in [0.4, 0.5) is 10.5 Å². The first-order valence-corrected chi connectivity index (χ1v) is 10.9. The van der Waals surface area contributed by atoms with Gasteiger partial charge in [-0.3, -0.25) is 0 Å². The third-order valence-electron chi connectivity index (χ3n) is 4.85. The average Bonchev–Trinajstić information content (AvgIpc) is 3.34. The first-order chi connectivity index (χ1) is 16.5. The number of amides is 2. The molecule has 1 atom stereocenters. The van der Waals surface area contributed by atoms with E-state index in [1.165, 1.54) is 0 Å². The van der Waals surface area contributed by atoms with Gasteiger partial charge in [0, 0.05) is 5.69 Å². The second kappa shape index (κ2) is 10.6. The molecule has 0 aliphatic carbocycles. The molecule has 4 aromatic rings. The van der Waals surface area contributed by atoms with Crippen LogP contribution in [-0.4, -0.2) is 28.8 Å². The summed E-state index contributed by atoms with van der Waals surface area (Å²) in [5, 5.41) is 14.3. The van der Waals surface area contributed by atoms with Crippen molar-refractivity contribution >= 4 is 29.3 Å². The predicted octanol–water partition coefficient (Wildman–Crippen LogP) is 5.48. The van der Waals surface area contributed by atoms with Crippen molar-refractivity contribution in [3.05, 3.63) is 101 Å². The Hall–Kier alpha value is -4.17. The van der Waals surface area contributed by atoms with Gasteiger partial charge >= 0.3 is 12.0 Å². The largest absolute Gasteiger partial charge is 0.462 e. The Morgan fingerprint density at radius 1 is 0.971 bits per heavy atom. The highest BCUT2D eigenvalue weighted by Crippen LogP contribution is 2.29. The van der Waals surface area contributed by atoms with Crippen LogP contribution in [0.1, 0.15) is 34.8 Å². The lowest BCUT2D eigenvalue weighted by Gasteiger charge is -2.16. The first kappa shape index (κ1) is 23.0. The fourth-order valence-corrected chi connectivity index (χ4v) is 3.45. The fraction of sp³-hybridized carbons (Fsp3) is 0.120. The highest BCUT2D eigenvalue weighted by atomic mass is 35.5. The zero-order valence-corrected chi connectivity index (χ0v) is 19.0. The van der Waals surface area contributed by atoms with E-state index in [1.54, 1.807) is 49.4 Å². The molecule has 0 radical (unpaired) electrons. The molecule has 0 spiro atoms. The van der Waals surface area contributed by atoms with Crippen molar-refractivity contribution in [3.8, 4) is 11.5 Å². The molecule has 8 nitrogen and oxygen atoms in total. The van der Waals surface area contributed by atoms with Crippen LogP contribution in [0.5, 0.6) is 0 Å². The molecule has 0 saturated heterocycles. The van der Waals surface area contributed by atoms with E-state index in [9.17, 15) is 9.59 Å². The Balaban J connectivity index is 1.53. The molecule has 0 unspecified atom stereocenters. The minimum Gasteiger partial charge on any atom is -0.462 e. The summed E-state index contributed by atoms with van der Waals surface area (Å²) in [6.45, 7) is 2.03. The number of urea groups is 1. The van der Waals surface area contributed by atoms with Gasteiger partial charge in [-0.05, 0) is 48.9 Å². The number of hydrogen-bond donors (Lipinski definition) is 2. The smallest absolute Gasteiger partial charge is 0.338 e. The van der Waals surface area contributed by atoms with Crippen LogP contribution in [0.25, 0.3) is 11.5 Å². The van der Waals surface area contributed by atoms with Gasteiger partial charge in [0.15, 0.2) is 0 Å². The van der Waals surface area contributed by atoms with Crippen molar-refractivity contribution in [2.45, 2.75) is 13.0 Å². The van der Waals surface area contributed by atoms with Gasteiger partial charge < -0.3 is 19.8 Å². The molecule has 0 aliphatic rings. The third-order valence-corrected chi connectivity index (χ3v) is 5.18. The maximum absolute atomic E-state index is 12.8. The normalized spacial score (nSPS) is 11.5. The molecule has 3 aromatic carbocycles. The number of aromatic nitrogens is 2. The number of esters is 1. The van der Waals surface area contributed by atoms with E-state index in [4.69, 9.17) is 20.8 Å². The van der Waals surface area contributed by atoms with Gasteiger partial charge in [0.1, 0.15) is 6.04 Å². The lowest BCUT2D eigenvalue weighted by molar-refractivity contribution is 0.0526. The van der Waals surface area contributed by atoms with Crippen molar-refractivity contribution in [2.75, 3.05) is 11.9 Å². The third kappa shape index (κ3) is 5.41. The molecule has 1 aromatic heterocycles. The summed E-state index contributed by atoms with van der Waals surface area (Å²) >= 11 is 6.25. The number of anilines is 1. The molecule has 4 rings (SSSR count). The molecule has 2 N–H and O–H groups in total. The van der Waals surface area contributed by atoms with Crippen molar-refractivity contribution in [3.63, 3.8) is 0 Å². The van der Waals surface area contributed by atoms with Crippen molar-refractivity contribution in [2.24, 2.45) is 0 Å². The number of ether oxygens (including phenoxy) is 1. The van der Waals surface area contributed by atoms with Gasteiger partial charge in [0.25, 0.3) is 0 Å². The number of rotatable bonds is 7. The average molecular weight is 477 g/mol. The van der Waals surface area contributed by atoms with Gasteiger partial charge in [-0.15, -0.1) is 10.2 Å². The molecule has 34 heavy (non-hydrogen) atoms.